The van der Waals surface area contributed by atoms with Crippen LogP contribution in [0.1, 0.15) is 18.3 Å². The molecule has 0 aliphatic rings. The van der Waals surface area contributed by atoms with E-state index in [2.05, 4.69) is 4.98 Å². The van der Waals surface area contributed by atoms with E-state index >= 15 is 0 Å². The van der Waals surface area contributed by atoms with Gasteiger partial charge in [-0.25, -0.2) is 4.39 Å². The molecule has 1 atom stereocenters. The number of aromatic nitrogens is 1. The Balaban J connectivity index is 2.77. The third-order valence-corrected chi connectivity index (χ3v) is 1.72. The predicted octanol–water partition coefficient (Wildman–Crippen LogP) is 1.35. The number of rotatable bonds is 4. The zero-order chi connectivity index (χ0) is 10.6. The van der Waals surface area contributed by atoms with Crippen molar-refractivity contribution in [3.05, 3.63) is 34.1 Å². The highest BCUT2D eigenvalue weighted by Crippen LogP contribution is 2.19. The fraction of sp³-hybridized carbons (Fsp3) is 0.375. The highest BCUT2D eigenvalue weighted by Gasteiger charge is 2.12. The molecule has 0 saturated heterocycles. The van der Waals surface area contributed by atoms with Gasteiger partial charge in [0, 0.05) is 6.07 Å². The molecule has 6 heteroatoms. The van der Waals surface area contributed by atoms with Crippen LogP contribution in [-0.2, 0) is 0 Å². The maximum Gasteiger partial charge on any atom is 0.287 e. The first-order chi connectivity index (χ1) is 6.65. The number of pyridine rings is 1. The zero-order valence-electron chi connectivity index (χ0n) is 7.39. The van der Waals surface area contributed by atoms with E-state index in [9.17, 15) is 14.5 Å². The lowest BCUT2D eigenvalue weighted by Gasteiger charge is -2.04. The maximum atomic E-state index is 13.2. The monoisotopic (exact) mass is 199 g/mol. The Labute approximate surface area is 79.9 Å². The largest absolute Gasteiger partial charge is 0.330 e. The summed E-state index contributed by atoms with van der Waals surface area (Å²) in [6, 6.07) is 2.53. The van der Waals surface area contributed by atoms with E-state index in [0.717, 1.165) is 6.20 Å². The van der Waals surface area contributed by atoms with E-state index in [0.29, 0.717) is 0 Å². The molecule has 1 unspecified atom stereocenters. The van der Waals surface area contributed by atoms with Gasteiger partial charge in [-0.1, -0.05) is 0 Å². The van der Waals surface area contributed by atoms with Crippen molar-refractivity contribution in [3.8, 4) is 0 Å². The van der Waals surface area contributed by atoms with Crippen LogP contribution in [0.2, 0.25) is 0 Å². The fourth-order valence-electron chi connectivity index (χ4n) is 0.985. The van der Waals surface area contributed by atoms with Gasteiger partial charge in [-0.3, -0.25) is 15.1 Å². The first-order valence-corrected chi connectivity index (χ1v) is 4.09. The first kappa shape index (κ1) is 10.5. The number of nitrogens with two attached hydrogens (primary N) is 1. The van der Waals surface area contributed by atoms with Gasteiger partial charge in [-0.05, 0) is 19.0 Å². The van der Waals surface area contributed by atoms with Crippen molar-refractivity contribution in [1.29, 1.82) is 0 Å². The molecule has 0 aliphatic carbocycles. The van der Waals surface area contributed by atoms with Crippen LogP contribution in [0.5, 0.6) is 0 Å². The molecule has 0 bridgehead atoms. The van der Waals surface area contributed by atoms with Crippen LogP contribution in [0.15, 0.2) is 18.3 Å². The predicted molar refractivity (Wildman–Crippen MR) is 48.4 cm³/mol. The van der Waals surface area contributed by atoms with Gasteiger partial charge < -0.3 is 5.73 Å². The van der Waals surface area contributed by atoms with E-state index < -0.39 is 11.1 Å². The summed E-state index contributed by atoms with van der Waals surface area (Å²) in [4.78, 5) is 13.3. The Bertz CT molecular complexity index is 315. The van der Waals surface area contributed by atoms with E-state index in [4.69, 9.17) is 5.73 Å². The minimum absolute atomic E-state index is 0.145. The number of halogens is 1. The highest BCUT2D eigenvalue weighted by atomic mass is 19.1. The van der Waals surface area contributed by atoms with Crippen LogP contribution in [0.3, 0.4) is 0 Å². The maximum absolute atomic E-state index is 13.2. The second-order valence-corrected chi connectivity index (χ2v) is 2.74. The molecule has 0 spiro atoms. The molecule has 76 valence electrons. The summed E-state index contributed by atoms with van der Waals surface area (Å²) >= 11 is 0. The van der Waals surface area contributed by atoms with E-state index in [1.807, 2.05) is 0 Å². The second-order valence-electron chi connectivity index (χ2n) is 2.74. The lowest BCUT2D eigenvalue weighted by molar-refractivity contribution is -0.385. The Morgan fingerprint density at radius 3 is 2.79 bits per heavy atom. The lowest BCUT2D eigenvalue weighted by atomic mass is 10.2. The summed E-state index contributed by atoms with van der Waals surface area (Å²) in [5.41, 5.74) is 5.21. The molecule has 0 saturated carbocycles. The number of hydrogen-bond donors (Lipinski definition) is 1. The Morgan fingerprint density at radius 1 is 1.64 bits per heavy atom. The van der Waals surface area contributed by atoms with Crippen molar-refractivity contribution in [3.63, 3.8) is 0 Å². The summed E-state index contributed by atoms with van der Waals surface area (Å²) in [5.74, 6) is 0. The molecule has 2 N–H and O–H groups in total. The van der Waals surface area contributed by atoms with Gasteiger partial charge >= 0.3 is 0 Å². The summed E-state index contributed by atoms with van der Waals surface area (Å²) < 4.78 is 13.2. The van der Waals surface area contributed by atoms with Crippen LogP contribution >= 0.6 is 0 Å². The van der Waals surface area contributed by atoms with Gasteiger partial charge in [0.15, 0.2) is 0 Å². The van der Waals surface area contributed by atoms with E-state index in [-0.39, 0.29) is 24.3 Å². The third kappa shape index (κ3) is 2.46. The molecular weight excluding hydrogens is 189 g/mol. The molecule has 0 fully saturated rings. The minimum Gasteiger partial charge on any atom is -0.330 e. The first-order valence-electron chi connectivity index (χ1n) is 4.09. The summed E-state index contributed by atoms with van der Waals surface area (Å²) in [5, 5.41) is 10.3. The summed E-state index contributed by atoms with van der Waals surface area (Å²) in [6.07, 6.45) is -0.0377. The summed E-state index contributed by atoms with van der Waals surface area (Å²) in [7, 11) is 0. The molecular formula is C8H10FN3O2. The Hall–Kier alpha value is -1.56. The molecule has 1 aromatic rings. The molecule has 5 nitrogen and oxygen atoms in total. The molecule has 0 amide bonds. The number of nitro groups is 1. The van der Waals surface area contributed by atoms with Crippen LogP contribution < -0.4 is 5.73 Å². The fourth-order valence-corrected chi connectivity index (χ4v) is 0.985. The van der Waals surface area contributed by atoms with Gasteiger partial charge in [0.1, 0.15) is 12.4 Å². The average molecular weight is 199 g/mol. The molecule has 1 rings (SSSR count). The summed E-state index contributed by atoms with van der Waals surface area (Å²) in [6.45, 7) is 0.222. The highest BCUT2D eigenvalue weighted by molar-refractivity contribution is 5.27. The van der Waals surface area contributed by atoms with Gasteiger partial charge in [0.2, 0.25) is 0 Å². The van der Waals surface area contributed by atoms with Crippen molar-refractivity contribution in [1.82, 2.24) is 4.98 Å². The normalized spacial score (nSPS) is 12.4. The quantitative estimate of drug-likeness (QED) is 0.586. The molecule has 1 heterocycles. The zero-order valence-corrected chi connectivity index (χ0v) is 7.39. The van der Waals surface area contributed by atoms with E-state index in [1.54, 1.807) is 0 Å². The minimum atomic E-state index is -1.25. The van der Waals surface area contributed by atoms with Gasteiger partial charge in [-0.15, -0.1) is 0 Å². The van der Waals surface area contributed by atoms with Crippen LogP contribution in [0.4, 0.5) is 10.1 Å². The van der Waals surface area contributed by atoms with E-state index in [1.165, 1.54) is 12.1 Å². The molecule has 0 radical (unpaired) electrons. The standard InChI is InChI=1S/C8H10FN3O2/c9-7(3-4-10)8-2-1-6(5-11-8)12(13)14/h1-2,5,7H,3-4,10H2. The number of alkyl halides is 1. The van der Waals surface area contributed by atoms with Gasteiger partial charge in [-0.2, -0.15) is 0 Å². The average Bonchev–Trinajstić information content (AvgIpc) is 2.18. The van der Waals surface area contributed by atoms with Crippen molar-refractivity contribution in [2.24, 2.45) is 5.73 Å². The molecule has 14 heavy (non-hydrogen) atoms. The van der Waals surface area contributed by atoms with Crippen molar-refractivity contribution >= 4 is 5.69 Å². The Kier molecular flexibility index (Phi) is 3.47. The third-order valence-electron chi connectivity index (χ3n) is 1.72. The van der Waals surface area contributed by atoms with Crippen LogP contribution in [-0.4, -0.2) is 16.5 Å². The van der Waals surface area contributed by atoms with Gasteiger partial charge in [0.25, 0.3) is 5.69 Å². The lowest BCUT2D eigenvalue weighted by Crippen LogP contribution is -2.05. The smallest absolute Gasteiger partial charge is 0.287 e. The van der Waals surface area contributed by atoms with Crippen LogP contribution in [0, 0.1) is 10.1 Å². The molecule has 0 aromatic carbocycles. The second kappa shape index (κ2) is 4.61. The van der Waals surface area contributed by atoms with Crippen molar-refractivity contribution in [2.75, 3.05) is 6.54 Å². The molecule has 1 aromatic heterocycles. The van der Waals surface area contributed by atoms with Crippen molar-refractivity contribution < 1.29 is 9.31 Å². The Morgan fingerprint density at radius 2 is 2.36 bits per heavy atom. The van der Waals surface area contributed by atoms with Gasteiger partial charge in [0.05, 0.1) is 10.6 Å². The molecule has 0 aliphatic heterocycles. The van der Waals surface area contributed by atoms with Crippen LogP contribution in [0.25, 0.3) is 0 Å². The van der Waals surface area contributed by atoms with Crippen molar-refractivity contribution in [2.45, 2.75) is 12.6 Å². The topological polar surface area (TPSA) is 82.0 Å². The number of nitrogens with zero attached hydrogens (tertiary/aromatic N) is 2. The SMILES string of the molecule is NCCC(F)c1ccc([N+](=O)[O-])cn1. The number of hydrogen-bond acceptors (Lipinski definition) is 4.